The maximum Gasteiger partial charge on any atom is 0.573 e. The molecule has 0 N–H and O–H groups in total. The molecule has 2 atom stereocenters. The van der Waals surface area contributed by atoms with Crippen LogP contribution in [-0.4, -0.2) is 79.6 Å². The van der Waals surface area contributed by atoms with Gasteiger partial charge in [-0.15, -0.1) is 13.2 Å². The lowest BCUT2D eigenvalue weighted by Crippen LogP contribution is -2.41. The van der Waals surface area contributed by atoms with Crippen molar-refractivity contribution in [2.75, 3.05) is 52.5 Å². The normalized spacial score (nSPS) is 25.5. The predicted molar refractivity (Wildman–Crippen MR) is 98.4 cm³/mol. The molecule has 0 saturated carbocycles. The number of benzene rings is 1. The fraction of sp³-hybridized carbons (Fsp3) is 0.650. The highest BCUT2D eigenvalue weighted by molar-refractivity contribution is 5.63. The summed E-state index contributed by atoms with van der Waals surface area (Å²) >= 11 is 0. The van der Waals surface area contributed by atoms with Gasteiger partial charge < -0.3 is 24.3 Å². The summed E-state index contributed by atoms with van der Waals surface area (Å²) in [7, 11) is 0. The quantitative estimate of drug-likeness (QED) is 0.701. The minimum atomic E-state index is -4.75. The number of halogens is 3. The van der Waals surface area contributed by atoms with E-state index in [1.807, 2.05) is 0 Å². The van der Waals surface area contributed by atoms with Gasteiger partial charge in [0.2, 0.25) is 0 Å². The summed E-state index contributed by atoms with van der Waals surface area (Å²) in [6.07, 6.45) is -5.91. The van der Waals surface area contributed by atoms with Gasteiger partial charge in [0.25, 0.3) is 0 Å². The molecule has 166 valence electrons. The van der Waals surface area contributed by atoms with Crippen molar-refractivity contribution in [2.24, 2.45) is 11.8 Å². The number of carboxylic acid groups (broad SMARTS) is 1. The van der Waals surface area contributed by atoms with Gasteiger partial charge in [0.1, 0.15) is 11.8 Å². The Morgan fingerprint density at radius 1 is 1.07 bits per heavy atom. The van der Waals surface area contributed by atoms with Crippen LogP contribution in [0, 0.1) is 11.8 Å². The zero-order valence-electron chi connectivity index (χ0n) is 16.6. The summed E-state index contributed by atoms with van der Waals surface area (Å²) in [5, 5.41) is 11.1. The Kier molecular flexibility index (Phi) is 6.08. The van der Waals surface area contributed by atoms with Gasteiger partial charge in [-0.3, -0.25) is 9.80 Å². The summed E-state index contributed by atoms with van der Waals surface area (Å²) in [6.45, 7) is 6.01. The second-order valence-corrected chi connectivity index (χ2v) is 8.26. The lowest BCUT2D eigenvalue weighted by Gasteiger charge is -2.27. The number of nitrogens with zero attached hydrogens (tertiary/aromatic N) is 3. The van der Waals surface area contributed by atoms with E-state index in [-0.39, 0.29) is 17.6 Å². The zero-order valence-corrected chi connectivity index (χ0v) is 16.6. The first-order valence-corrected chi connectivity index (χ1v) is 10.1. The molecule has 0 spiro atoms. The summed E-state index contributed by atoms with van der Waals surface area (Å²) in [5.74, 6) is 0.194. The maximum atomic E-state index is 12.9. The van der Waals surface area contributed by atoms with Crippen LogP contribution in [0.15, 0.2) is 18.2 Å². The molecule has 3 aliphatic rings. The van der Waals surface area contributed by atoms with Crippen molar-refractivity contribution in [2.45, 2.75) is 19.5 Å². The molecular formula is C20H25F3N3O4-. The number of alkyl halides is 3. The van der Waals surface area contributed by atoms with Crippen molar-refractivity contribution in [3.05, 3.63) is 29.3 Å². The number of hydrogen-bond donors (Lipinski definition) is 0. The van der Waals surface area contributed by atoms with Crippen molar-refractivity contribution < 1.29 is 32.5 Å². The van der Waals surface area contributed by atoms with Crippen LogP contribution in [0.3, 0.4) is 0 Å². The number of rotatable bonds is 5. The van der Waals surface area contributed by atoms with Crippen molar-refractivity contribution in [1.29, 1.82) is 0 Å². The third-order valence-electron chi connectivity index (χ3n) is 6.07. The van der Waals surface area contributed by atoms with E-state index in [2.05, 4.69) is 14.5 Å². The van der Waals surface area contributed by atoms with E-state index >= 15 is 0 Å². The average molecular weight is 428 g/mol. The number of amides is 1. The fourth-order valence-electron chi connectivity index (χ4n) is 4.71. The summed E-state index contributed by atoms with van der Waals surface area (Å²) in [5.41, 5.74) is 1.43. The molecule has 3 saturated heterocycles. The van der Waals surface area contributed by atoms with Gasteiger partial charge in [-0.25, -0.2) is 0 Å². The molecule has 0 aliphatic carbocycles. The van der Waals surface area contributed by atoms with Crippen molar-refractivity contribution in [3.8, 4) is 5.75 Å². The van der Waals surface area contributed by atoms with E-state index in [0.29, 0.717) is 58.0 Å². The summed E-state index contributed by atoms with van der Waals surface area (Å²) < 4.78 is 48.3. The Morgan fingerprint density at radius 3 is 2.33 bits per heavy atom. The van der Waals surface area contributed by atoms with E-state index in [1.165, 1.54) is 11.0 Å². The smallest absolute Gasteiger partial charge is 0.530 e. The van der Waals surface area contributed by atoms with Gasteiger partial charge in [-0.2, -0.15) is 0 Å². The average Bonchev–Trinajstić information content (AvgIpc) is 3.22. The molecule has 2 unspecified atom stereocenters. The molecule has 0 aromatic heterocycles. The minimum Gasteiger partial charge on any atom is -0.530 e. The highest BCUT2D eigenvalue weighted by Gasteiger charge is 2.40. The van der Waals surface area contributed by atoms with Gasteiger partial charge in [0, 0.05) is 57.9 Å². The number of carbonyl (C=O) groups is 1. The Balaban J connectivity index is 1.45. The molecule has 1 aromatic rings. The second kappa shape index (κ2) is 8.60. The van der Waals surface area contributed by atoms with Crippen LogP contribution in [0.25, 0.3) is 0 Å². The Bertz CT molecular complexity index is 756. The van der Waals surface area contributed by atoms with Crippen LogP contribution in [-0.2, 0) is 17.8 Å². The van der Waals surface area contributed by atoms with Crippen LogP contribution < -0.4 is 9.84 Å². The van der Waals surface area contributed by atoms with Gasteiger partial charge in [-0.05, 0) is 29.5 Å². The lowest BCUT2D eigenvalue weighted by atomic mass is 10.0. The van der Waals surface area contributed by atoms with Gasteiger partial charge in [0.05, 0.1) is 13.2 Å². The first-order valence-electron chi connectivity index (χ1n) is 10.1. The number of morpholine rings is 1. The molecule has 7 nitrogen and oxygen atoms in total. The van der Waals surface area contributed by atoms with Crippen molar-refractivity contribution in [3.63, 3.8) is 0 Å². The van der Waals surface area contributed by atoms with Gasteiger partial charge in [-0.1, -0.05) is 6.07 Å². The summed E-state index contributed by atoms with van der Waals surface area (Å²) in [4.78, 5) is 16.7. The molecule has 4 rings (SSSR count). The molecule has 3 aliphatic heterocycles. The van der Waals surface area contributed by atoms with E-state index < -0.39 is 12.5 Å². The lowest BCUT2D eigenvalue weighted by molar-refractivity contribution is -0.275. The molecule has 1 amide bonds. The van der Waals surface area contributed by atoms with Gasteiger partial charge in [0.15, 0.2) is 0 Å². The highest BCUT2D eigenvalue weighted by Crippen LogP contribution is 2.34. The van der Waals surface area contributed by atoms with E-state index in [4.69, 9.17) is 4.74 Å². The van der Waals surface area contributed by atoms with Crippen LogP contribution in [0.2, 0.25) is 0 Å². The molecule has 0 bridgehead atoms. The molecule has 30 heavy (non-hydrogen) atoms. The van der Waals surface area contributed by atoms with Crippen molar-refractivity contribution >= 4 is 6.09 Å². The monoisotopic (exact) mass is 428 g/mol. The third kappa shape index (κ3) is 5.16. The molecular weight excluding hydrogens is 403 g/mol. The van der Waals surface area contributed by atoms with Gasteiger partial charge >= 0.3 is 6.36 Å². The minimum absolute atomic E-state index is 0.179. The standard InChI is InChI=1S/C20H26F3N3O4/c21-20(22,23)30-18-2-1-14(8-24-3-5-29-6-4-24)7-15(18)9-25-10-16-12-26(19(27)28)13-17(16)11-25/h1-2,7,16-17H,3-6,8-13H2,(H,27,28)/p-1. The second-order valence-electron chi connectivity index (χ2n) is 8.26. The number of hydrogen-bond acceptors (Lipinski definition) is 6. The summed E-state index contributed by atoms with van der Waals surface area (Å²) in [6, 6.07) is 4.86. The van der Waals surface area contributed by atoms with Crippen LogP contribution in [0.1, 0.15) is 11.1 Å². The van der Waals surface area contributed by atoms with E-state index in [0.717, 1.165) is 18.7 Å². The molecule has 0 radical (unpaired) electrons. The van der Waals surface area contributed by atoms with Crippen LogP contribution in [0.4, 0.5) is 18.0 Å². The highest BCUT2D eigenvalue weighted by atomic mass is 19.4. The van der Waals surface area contributed by atoms with Crippen molar-refractivity contribution in [1.82, 2.24) is 14.7 Å². The molecule has 3 heterocycles. The largest absolute Gasteiger partial charge is 0.573 e. The topological polar surface area (TPSA) is 68.3 Å². The Hall–Kier alpha value is -2.04. The number of likely N-dealkylation sites (tertiary alicyclic amines) is 2. The number of ether oxygens (including phenoxy) is 2. The van der Waals surface area contributed by atoms with E-state index in [9.17, 15) is 23.1 Å². The molecule has 3 fully saturated rings. The fourth-order valence-corrected chi connectivity index (χ4v) is 4.71. The SMILES string of the molecule is O=C([O-])N1CC2CN(Cc3cc(CN4CCOCC4)ccc3OC(F)(F)F)CC2C1. The number of carbonyl (C=O) groups excluding carboxylic acids is 1. The molecule has 1 aromatic carbocycles. The van der Waals surface area contributed by atoms with Crippen LogP contribution in [0.5, 0.6) is 5.75 Å². The van der Waals surface area contributed by atoms with E-state index in [1.54, 1.807) is 12.1 Å². The first kappa shape index (κ1) is 21.2. The molecule has 10 heteroatoms. The number of fused-ring (bicyclic) bond motifs is 1. The third-order valence-corrected chi connectivity index (χ3v) is 6.07. The zero-order chi connectivity index (χ0) is 21.3. The Labute approximate surface area is 172 Å². The Morgan fingerprint density at radius 2 is 1.73 bits per heavy atom. The first-order chi connectivity index (χ1) is 14.3. The van der Waals surface area contributed by atoms with Crippen LogP contribution >= 0.6 is 0 Å². The maximum absolute atomic E-state index is 12.9. The predicted octanol–water partition coefficient (Wildman–Crippen LogP) is 1.12.